The lowest BCUT2D eigenvalue weighted by Crippen LogP contribution is -2.41. The fourth-order valence-electron chi connectivity index (χ4n) is 2.09. The maximum Gasteiger partial charge on any atom is 0.314 e. The zero-order chi connectivity index (χ0) is 15.2. The van der Waals surface area contributed by atoms with Gasteiger partial charge in [-0.3, -0.25) is 4.79 Å². The number of carbonyl (C=O) groups excluding carboxylic acids is 1. The molecular formula is C12H22N2O5S. The molecule has 1 saturated heterocycles. The number of aliphatic carboxylic acids is 1. The highest BCUT2D eigenvalue weighted by Crippen LogP contribution is 2.18. The predicted molar refractivity (Wildman–Crippen MR) is 74.2 cm³/mol. The molecule has 0 aliphatic carbocycles. The first kappa shape index (κ1) is 16.7. The lowest BCUT2D eigenvalue weighted by atomic mass is 10.1. The van der Waals surface area contributed by atoms with Crippen LogP contribution in [0, 0.1) is 5.92 Å². The van der Waals surface area contributed by atoms with E-state index in [-0.39, 0.29) is 12.3 Å². The monoisotopic (exact) mass is 306 g/mol. The van der Waals surface area contributed by atoms with Crippen molar-refractivity contribution in [2.45, 2.75) is 37.9 Å². The summed E-state index contributed by atoms with van der Waals surface area (Å²) in [6.45, 7) is 2.13. The highest BCUT2D eigenvalue weighted by atomic mass is 32.2. The summed E-state index contributed by atoms with van der Waals surface area (Å²) in [5.74, 6) is -1.07. The Morgan fingerprint density at radius 2 is 2.05 bits per heavy atom. The number of nitrogens with one attached hydrogen (secondary N) is 2. The number of urea groups is 1. The van der Waals surface area contributed by atoms with Crippen LogP contribution in [0.2, 0.25) is 0 Å². The maximum atomic E-state index is 11.5. The van der Waals surface area contributed by atoms with Crippen LogP contribution in [-0.2, 0) is 14.6 Å². The van der Waals surface area contributed by atoms with Crippen LogP contribution in [0.25, 0.3) is 0 Å². The van der Waals surface area contributed by atoms with Crippen LogP contribution in [0.5, 0.6) is 0 Å². The molecule has 0 aromatic heterocycles. The van der Waals surface area contributed by atoms with Crippen molar-refractivity contribution in [3.8, 4) is 0 Å². The summed E-state index contributed by atoms with van der Waals surface area (Å²) >= 11 is 0. The van der Waals surface area contributed by atoms with Crippen molar-refractivity contribution in [2.24, 2.45) is 5.92 Å². The molecule has 1 rings (SSSR count). The average molecular weight is 306 g/mol. The Hall–Kier alpha value is -1.31. The van der Waals surface area contributed by atoms with Crippen LogP contribution in [0.4, 0.5) is 4.79 Å². The molecule has 7 nitrogen and oxygen atoms in total. The van der Waals surface area contributed by atoms with E-state index in [4.69, 9.17) is 5.11 Å². The molecule has 0 radical (unpaired) electrons. The van der Waals surface area contributed by atoms with Crippen molar-refractivity contribution in [1.82, 2.24) is 10.6 Å². The second-order valence-electron chi connectivity index (χ2n) is 5.15. The molecule has 0 spiro atoms. The smallest absolute Gasteiger partial charge is 0.314 e. The molecule has 0 bridgehead atoms. The summed E-state index contributed by atoms with van der Waals surface area (Å²) in [5.41, 5.74) is 0. The topological polar surface area (TPSA) is 113 Å². The Labute approximate surface area is 119 Å². The summed E-state index contributed by atoms with van der Waals surface area (Å²) < 4.78 is 23.1. The van der Waals surface area contributed by atoms with Crippen LogP contribution in [0.1, 0.15) is 32.6 Å². The lowest BCUT2D eigenvalue weighted by Gasteiger charge is -2.12. The minimum atomic E-state index is -3.04. The van der Waals surface area contributed by atoms with E-state index in [1.807, 2.05) is 0 Å². The van der Waals surface area contributed by atoms with E-state index in [0.29, 0.717) is 32.2 Å². The third-order valence-corrected chi connectivity index (χ3v) is 5.75. The highest BCUT2D eigenvalue weighted by molar-refractivity contribution is 7.92. The van der Waals surface area contributed by atoms with Gasteiger partial charge in [-0.2, -0.15) is 0 Å². The van der Waals surface area contributed by atoms with E-state index >= 15 is 0 Å². The fraction of sp³-hybridized carbons (Fsp3) is 0.833. The van der Waals surface area contributed by atoms with E-state index in [0.717, 1.165) is 0 Å². The van der Waals surface area contributed by atoms with Crippen LogP contribution in [0.3, 0.4) is 0 Å². The second kappa shape index (κ2) is 7.47. The van der Waals surface area contributed by atoms with Gasteiger partial charge in [-0.05, 0) is 25.7 Å². The van der Waals surface area contributed by atoms with Gasteiger partial charge in [0.05, 0.1) is 16.9 Å². The normalized spacial score (nSPS) is 22.1. The van der Waals surface area contributed by atoms with Gasteiger partial charge in [0.15, 0.2) is 9.84 Å². The summed E-state index contributed by atoms with van der Waals surface area (Å²) in [6.07, 6.45) is 2.32. The van der Waals surface area contributed by atoms with Crippen molar-refractivity contribution < 1.29 is 23.1 Å². The quantitative estimate of drug-likeness (QED) is 0.588. The predicted octanol–water partition coefficient (Wildman–Crippen LogP) is 0.364. The maximum absolute atomic E-state index is 11.5. The second-order valence-corrected chi connectivity index (χ2v) is 7.55. The first-order valence-electron chi connectivity index (χ1n) is 6.79. The van der Waals surface area contributed by atoms with E-state index in [1.165, 1.54) is 0 Å². The first-order valence-corrected chi connectivity index (χ1v) is 8.50. The van der Waals surface area contributed by atoms with E-state index in [2.05, 4.69) is 10.6 Å². The Balaban J connectivity index is 2.14. The van der Waals surface area contributed by atoms with E-state index < -0.39 is 33.0 Å². The zero-order valence-electron chi connectivity index (χ0n) is 11.6. The van der Waals surface area contributed by atoms with Gasteiger partial charge >= 0.3 is 12.0 Å². The van der Waals surface area contributed by atoms with Gasteiger partial charge in [-0.1, -0.05) is 6.92 Å². The number of hydrogen-bond acceptors (Lipinski definition) is 4. The molecular weight excluding hydrogens is 284 g/mol. The third-order valence-electron chi connectivity index (χ3n) is 3.47. The average Bonchev–Trinajstić information content (AvgIpc) is 2.70. The minimum absolute atomic E-state index is 0.139. The largest absolute Gasteiger partial charge is 0.481 e. The number of carbonyl (C=O) groups is 2. The number of carboxylic acid groups (broad SMARTS) is 1. The summed E-state index contributed by atoms with van der Waals surface area (Å²) in [6, 6.07) is -0.407. The molecule has 1 heterocycles. The van der Waals surface area contributed by atoms with Gasteiger partial charge < -0.3 is 15.7 Å². The van der Waals surface area contributed by atoms with Gasteiger partial charge in [0.1, 0.15) is 0 Å². The number of hydrogen-bond donors (Lipinski definition) is 3. The van der Waals surface area contributed by atoms with Crippen molar-refractivity contribution in [1.29, 1.82) is 0 Å². The van der Waals surface area contributed by atoms with Gasteiger partial charge in [0, 0.05) is 13.1 Å². The number of carboxylic acids is 1. The molecule has 2 atom stereocenters. The SMILES string of the molecule is CC(CCCNC(=O)NCC1CCCS1(=O)=O)C(=O)O. The molecule has 0 aromatic rings. The molecule has 0 aromatic carbocycles. The Morgan fingerprint density at radius 1 is 1.35 bits per heavy atom. The van der Waals surface area contributed by atoms with Crippen LogP contribution >= 0.6 is 0 Å². The number of sulfone groups is 1. The summed E-state index contributed by atoms with van der Waals surface area (Å²) in [5, 5.41) is 13.4. The summed E-state index contributed by atoms with van der Waals surface area (Å²) in [7, 11) is -3.04. The molecule has 2 unspecified atom stereocenters. The summed E-state index contributed by atoms with van der Waals surface area (Å²) in [4.78, 5) is 22.0. The van der Waals surface area contributed by atoms with Crippen molar-refractivity contribution in [2.75, 3.05) is 18.8 Å². The molecule has 1 fully saturated rings. The van der Waals surface area contributed by atoms with Crippen molar-refractivity contribution in [3.05, 3.63) is 0 Å². The highest BCUT2D eigenvalue weighted by Gasteiger charge is 2.31. The molecule has 3 N–H and O–H groups in total. The van der Waals surface area contributed by atoms with Gasteiger partial charge in [-0.25, -0.2) is 13.2 Å². The Bertz CT molecular complexity index is 449. The molecule has 1 aliphatic heterocycles. The van der Waals surface area contributed by atoms with Gasteiger partial charge in [-0.15, -0.1) is 0 Å². The zero-order valence-corrected chi connectivity index (χ0v) is 12.4. The number of rotatable bonds is 7. The Morgan fingerprint density at radius 3 is 2.60 bits per heavy atom. The standard InChI is InChI=1S/C12H22N2O5S/c1-9(11(15)16)4-2-6-13-12(17)14-8-10-5-3-7-20(10,18)19/h9-10H,2-8H2,1H3,(H,15,16)(H2,13,14,17). The van der Waals surface area contributed by atoms with Crippen LogP contribution in [-0.4, -0.2) is 49.6 Å². The molecule has 116 valence electrons. The van der Waals surface area contributed by atoms with E-state index in [9.17, 15) is 18.0 Å². The van der Waals surface area contributed by atoms with E-state index in [1.54, 1.807) is 6.92 Å². The van der Waals surface area contributed by atoms with Crippen LogP contribution in [0.15, 0.2) is 0 Å². The minimum Gasteiger partial charge on any atom is -0.481 e. The van der Waals surface area contributed by atoms with Gasteiger partial charge in [0.2, 0.25) is 0 Å². The molecule has 20 heavy (non-hydrogen) atoms. The Kier molecular flexibility index (Phi) is 6.25. The first-order chi connectivity index (χ1) is 9.33. The third kappa shape index (κ3) is 5.36. The van der Waals surface area contributed by atoms with Crippen LogP contribution < -0.4 is 10.6 Å². The molecule has 8 heteroatoms. The number of amides is 2. The van der Waals surface area contributed by atoms with Crippen molar-refractivity contribution >= 4 is 21.8 Å². The van der Waals surface area contributed by atoms with Crippen molar-refractivity contribution in [3.63, 3.8) is 0 Å². The lowest BCUT2D eigenvalue weighted by molar-refractivity contribution is -0.141. The van der Waals surface area contributed by atoms with Gasteiger partial charge in [0.25, 0.3) is 0 Å². The molecule has 1 aliphatic rings. The fourth-order valence-corrected chi connectivity index (χ4v) is 3.86. The molecule has 0 saturated carbocycles. The molecule has 2 amide bonds.